The zero-order valence-electron chi connectivity index (χ0n) is 6.72. The number of anilines is 1. The second-order valence-electron chi connectivity index (χ2n) is 2.25. The lowest BCUT2D eigenvalue weighted by Crippen LogP contribution is -2.02. The van der Waals surface area contributed by atoms with Crippen molar-refractivity contribution in [1.29, 1.82) is 0 Å². The fourth-order valence-electron chi connectivity index (χ4n) is 0.890. The van der Waals surface area contributed by atoms with Gasteiger partial charge in [0.1, 0.15) is 5.82 Å². The van der Waals surface area contributed by atoms with Gasteiger partial charge in [-0.25, -0.2) is 13.8 Å². The summed E-state index contributed by atoms with van der Waals surface area (Å²) in [5.41, 5.74) is 4.91. The standard InChI is InChI=1S/C7H7F2IN2O/c1-13-6-3(10)2-4(11)12-5(6)7(8)9/h2,7H,1H3,(H2,11,12). The van der Waals surface area contributed by atoms with Crippen molar-refractivity contribution in [1.82, 2.24) is 4.98 Å². The van der Waals surface area contributed by atoms with Gasteiger partial charge in [-0.15, -0.1) is 0 Å². The average Bonchev–Trinajstić information content (AvgIpc) is 2.02. The Hall–Kier alpha value is -0.660. The number of hydrogen-bond acceptors (Lipinski definition) is 3. The van der Waals surface area contributed by atoms with Crippen molar-refractivity contribution in [2.45, 2.75) is 6.43 Å². The second kappa shape index (κ2) is 4.03. The molecule has 0 aliphatic rings. The second-order valence-corrected chi connectivity index (χ2v) is 3.41. The maximum absolute atomic E-state index is 12.4. The molecule has 0 aliphatic carbocycles. The first-order chi connectivity index (χ1) is 6.06. The molecule has 0 aromatic carbocycles. The van der Waals surface area contributed by atoms with Gasteiger partial charge in [-0.05, 0) is 28.7 Å². The minimum atomic E-state index is -2.67. The number of alkyl halides is 2. The monoisotopic (exact) mass is 300 g/mol. The van der Waals surface area contributed by atoms with E-state index in [0.29, 0.717) is 3.57 Å². The summed E-state index contributed by atoms with van der Waals surface area (Å²) in [4.78, 5) is 3.50. The number of pyridine rings is 1. The summed E-state index contributed by atoms with van der Waals surface area (Å²) in [5.74, 6) is 0.158. The molecular weight excluding hydrogens is 293 g/mol. The van der Waals surface area contributed by atoms with E-state index in [4.69, 9.17) is 10.5 Å². The Bertz CT molecular complexity index is 320. The maximum Gasteiger partial charge on any atom is 0.284 e. The van der Waals surface area contributed by atoms with Crippen LogP contribution >= 0.6 is 22.6 Å². The molecular formula is C7H7F2IN2O. The van der Waals surface area contributed by atoms with Gasteiger partial charge in [0.15, 0.2) is 11.4 Å². The molecule has 0 radical (unpaired) electrons. The van der Waals surface area contributed by atoms with Crippen molar-refractivity contribution >= 4 is 28.4 Å². The summed E-state index contributed by atoms with van der Waals surface area (Å²) in [7, 11) is 1.32. The van der Waals surface area contributed by atoms with E-state index < -0.39 is 12.1 Å². The number of halogens is 3. The molecule has 1 heterocycles. The molecule has 13 heavy (non-hydrogen) atoms. The number of nitrogens with two attached hydrogens (primary N) is 1. The Morgan fingerprint density at radius 3 is 2.69 bits per heavy atom. The van der Waals surface area contributed by atoms with Crippen molar-refractivity contribution < 1.29 is 13.5 Å². The van der Waals surface area contributed by atoms with Gasteiger partial charge in [-0.1, -0.05) is 0 Å². The van der Waals surface area contributed by atoms with E-state index in [-0.39, 0.29) is 11.6 Å². The van der Waals surface area contributed by atoms with Gasteiger partial charge >= 0.3 is 0 Å². The lowest BCUT2D eigenvalue weighted by Gasteiger charge is -2.09. The molecule has 1 aromatic rings. The van der Waals surface area contributed by atoms with E-state index in [1.807, 2.05) is 22.6 Å². The van der Waals surface area contributed by atoms with E-state index in [0.717, 1.165) is 0 Å². The number of rotatable bonds is 2. The zero-order valence-corrected chi connectivity index (χ0v) is 8.88. The number of ether oxygens (including phenoxy) is 1. The Morgan fingerprint density at radius 1 is 1.62 bits per heavy atom. The predicted molar refractivity (Wildman–Crippen MR) is 52.9 cm³/mol. The summed E-state index contributed by atoms with van der Waals surface area (Å²) in [6.45, 7) is 0. The van der Waals surface area contributed by atoms with Crippen molar-refractivity contribution in [3.8, 4) is 5.75 Å². The van der Waals surface area contributed by atoms with Crippen molar-refractivity contribution in [3.05, 3.63) is 15.3 Å². The third-order valence-electron chi connectivity index (χ3n) is 1.38. The number of hydrogen-bond donors (Lipinski definition) is 1. The molecule has 6 heteroatoms. The molecule has 1 aromatic heterocycles. The molecule has 3 nitrogen and oxygen atoms in total. The van der Waals surface area contributed by atoms with Crippen LogP contribution < -0.4 is 10.5 Å². The summed E-state index contributed by atoms with van der Waals surface area (Å²) >= 11 is 1.87. The highest BCUT2D eigenvalue weighted by Gasteiger charge is 2.18. The Labute approximate surface area is 87.4 Å². The fourth-order valence-corrected chi connectivity index (χ4v) is 1.71. The molecule has 72 valence electrons. The van der Waals surface area contributed by atoms with Crippen LogP contribution in [0.5, 0.6) is 5.75 Å². The van der Waals surface area contributed by atoms with E-state index in [1.54, 1.807) is 0 Å². The van der Waals surface area contributed by atoms with Crippen LogP contribution in [0.1, 0.15) is 12.1 Å². The Kier molecular flexibility index (Phi) is 3.23. The van der Waals surface area contributed by atoms with E-state index >= 15 is 0 Å². The molecule has 0 atom stereocenters. The predicted octanol–water partition coefficient (Wildman–Crippen LogP) is 2.21. The highest BCUT2D eigenvalue weighted by atomic mass is 127. The van der Waals surface area contributed by atoms with E-state index in [9.17, 15) is 8.78 Å². The van der Waals surface area contributed by atoms with Gasteiger partial charge in [0.2, 0.25) is 0 Å². The first-order valence-corrected chi connectivity index (χ1v) is 4.42. The van der Waals surface area contributed by atoms with Crippen LogP contribution in [0.25, 0.3) is 0 Å². The van der Waals surface area contributed by atoms with Crippen molar-refractivity contribution in [2.24, 2.45) is 0 Å². The molecule has 0 amide bonds. The minimum Gasteiger partial charge on any atom is -0.493 e. The van der Waals surface area contributed by atoms with Crippen LogP contribution in [-0.4, -0.2) is 12.1 Å². The van der Waals surface area contributed by atoms with Gasteiger partial charge in [0, 0.05) is 0 Å². The van der Waals surface area contributed by atoms with Crippen LogP contribution in [0.3, 0.4) is 0 Å². The quantitative estimate of drug-likeness (QED) is 0.852. The topological polar surface area (TPSA) is 48.1 Å². The lowest BCUT2D eigenvalue weighted by atomic mass is 10.3. The summed E-state index contributed by atoms with van der Waals surface area (Å²) in [6, 6.07) is 1.48. The third kappa shape index (κ3) is 2.17. The largest absolute Gasteiger partial charge is 0.493 e. The summed E-state index contributed by atoms with van der Waals surface area (Å²) in [6.07, 6.45) is -2.67. The van der Waals surface area contributed by atoms with E-state index in [2.05, 4.69) is 4.98 Å². The minimum absolute atomic E-state index is 0.0699. The SMILES string of the molecule is COc1c(I)cc(N)nc1C(F)F. The smallest absolute Gasteiger partial charge is 0.284 e. The van der Waals surface area contributed by atoms with Gasteiger partial charge in [0.25, 0.3) is 6.43 Å². The highest BCUT2D eigenvalue weighted by Crippen LogP contribution is 2.32. The first kappa shape index (κ1) is 10.4. The number of methoxy groups -OCH3 is 1. The third-order valence-corrected chi connectivity index (χ3v) is 2.19. The maximum atomic E-state index is 12.4. The molecule has 2 N–H and O–H groups in total. The van der Waals surface area contributed by atoms with Gasteiger partial charge in [-0.2, -0.15) is 0 Å². The molecule has 0 spiro atoms. The van der Waals surface area contributed by atoms with Gasteiger partial charge in [-0.3, -0.25) is 0 Å². The zero-order chi connectivity index (χ0) is 10.0. The summed E-state index contributed by atoms with van der Waals surface area (Å²) < 4.78 is 30.1. The van der Waals surface area contributed by atoms with Crippen LogP contribution in [0.15, 0.2) is 6.07 Å². The lowest BCUT2D eigenvalue weighted by molar-refractivity contribution is 0.141. The molecule has 0 aliphatic heterocycles. The highest BCUT2D eigenvalue weighted by molar-refractivity contribution is 14.1. The van der Waals surface area contributed by atoms with Crippen LogP contribution in [-0.2, 0) is 0 Å². The van der Waals surface area contributed by atoms with Crippen molar-refractivity contribution in [3.63, 3.8) is 0 Å². The van der Waals surface area contributed by atoms with Gasteiger partial charge in [0.05, 0.1) is 10.7 Å². The number of aromatic nitrogens is 1. The molecule has 0 saturated carbocycles. The molecule has 0 fully saturated rings. The molecule has 0 bridgehead atoms. The summed E-state index contributed by atoms with van der Waals surface area (Å²) in [5, 5.41) is 0. The molecule has 0 unspecified atom stereocenters. The van der Waals surface area contributed by atoms with Crippen LogP contribution in [0, 0.1) is 3.57 Å². The first-order valence-electron chi connectivity index (χ1n) is 3.34. The fraction of sp³-hybridized carbons (Fsp3) is 0.286. The molecule has 1 rings (SSSR count). The molecule has 0 saturated heterocycles. The van der Waals surface area contributed by atoms with Crippen LogP contribution in [0.2, 0.25) is 0 Å². The number of nitrogen functional groups attached to an aromatic ring is 1. The number of nitrogens with zero attached hydrogens (tertiary/aromatic N) is 1. The van der Waals surface area contributed by atoms with Crippen LogP contribution in [0.4, 0.5) is 14.6 Å². The Morgan fingerprint density at radius 2 is 2.23 bits per heavy atom. The van der Waals surface area contributed by atoms with E-state index in [1.165, 1.54) is 13.2 Å². The van der Waals surface area contributed by atoms with Gasteiger partial charge < -0.3 is 10.5 Å². The Balaban J connectivity index is 3.29. The normalized spacial score (nSPS) is 10.5. The average molecular weight is 300 g/mol. The van der Waals surface area contributed by atoms with Crippen molar-refractivity contribution in [2.75, 3.05) is 12.8 Å².